The van der Waals surface area contributed by atoms with Crippen LogP contribution in [-0.2, 0) is 11.3 Å². The zero-order chi connectivity index (χ0) is 12.1. The number of carbonyl (C=O) groups is 1. The van der Waals surface area contributed by atoms with Gasteiger partial charge >= 0.3 is 0 Å². The van der Waals surface area contributed by atoms with Crippen LogP contribution in [0.4, 0.5) is 0 Å². The number of aromatic amines is 1. The quantitative estimate of drug-likeness (QED) is 0.784. The highest BCUT2D eigenvalue weighted by atomic mass is 35.5. The van der Waals surface area contributed by atoms with Crippen LogP contribution in [0.5, 0.6) is 0 Å². The molecule has 0 aliphatic rings. The molecule has 0 fully saturated rings. The molecule has 16 heavy (non-hydrogen) atoms. The van der Waals surface area contributed by atoms with Crippen LogP contribution >= 0.6 is 11.6 Å². The number of aromatic nitrogens is 1. The van der Waals surface area contributed by atoms with Crippen molar-refractivity contribution in [2.45, 2.75) is 20.3 Å². The number of pyridine rings is 1. The molecule has 6 heteroatoms. The van der Waals surface area contributed by atoms with Gasteiger partial charge in [0.25, 0.3) is 11.5 Å². The van der Waals surface area contributed by atoms with Gasteiger partial charge in [0.1, 0.15) is 5.56 Å². The van der Waals surface area contributed by atoms with Crippen molar-refractivity contribution in [1.29, 1.82) is 0 Å². The lowest BCUT2D eigenvalue weighted by Crippen LogP contribution is -2.30. The lowest BCUT2D eigenvalue weighted by molar-refractivity contribution is 0.0363. The first-order chi connectivity index (χ1) is 7.60. The predicted molar refractivity (Wildman–Crippen MR) is 60.5 cm³/mol. The maximum atomic E-state index is 11.5. The van der Waals surface area contributed by atoms with E-state index < -0.39 is 11.5 Å². The van der Waals surface area contributed by atoms with E-state index in [0.717, 1.165) is 0 Å². The number of amides is 1. The second-order valence-corrected chi connectivity index (χ2v) is 3.46. The Kier molecular flexibility index (Phi) is 4.52. The number of hydrogen-bond acceptors (Lipinski definition) is 3. The number of carbonyl (C=O) groups excluding carboxylic acids is 1. The van der Waals surface area contributed by atoms with Gasteiger partial charge in [0, 0.05) is 5.69 Å². The van der Waals surface area contributed by atoms with Crippen molar-refractivity contribution in [2.75, 3.05) is 6.61 Å². The average Bonchev–Trinajstić information content (AvgIpc) is 2.28. The molecule has 0 saturated carbocycles. The smallest absolute Gasteiger partial charge is 0.280 e. The summed E-state index contributed by atoms with van der Waals surface area (Å²) >= 11 is 5.89. The first kappa shape index (κ1) is 12.7. The third kappa shape index (κ3) is 2.84. The molecule has 1 amide bonds. The van der Waals surface area contributed by atoms with Gasteiger partial charge in [-0.3, -0.25) is 14.4 Å². The number of rotatable bonds is 4. The largest absolute Gasteiger partial charge is 0.324 e. The van der Waals surface area contributed by atoms with Gasteiger partial charge in [0.2, 0.25) is 0 Å². The molecule has 0 aliphatic heterocycles. The van der Waals surface area contributed by atoms with Gasteiger partial charge in [0.15, 0.2) is 0 Å². The summed E-state index contributed by atoms with van der Waals surface area (Å²) in [6.45, 7) is 3.90. The number of hydroxylamine groups is 1. The highest BCUT2D eigenvalue weighted by Gasteiger charge is 2.13. The number of halogens is 1. The molecule has 0 atom stereocenters. The minimum absolute atomic E-state index is 0.0596. The van der Waals surface area contributed by atoms with Crippen LogP contribution in [0.3, 0.4) is 0 Å². The summed E-state index contributed by atoms with van der Waals surface area (Å²) in [6, 6.07) is 1.34. The van der Waals surface area contributed by atoms with Crippen LogP contribution in [0.25, 0.3) is 0 Å². The number of hydrogen-bond donors (Lipinski definition) is 2. The van der Waals surface area contributed by atoms with Crippen molar-refractivity contribution in [1.82, 2.24) is 10.5 Å². The van der Waals surface area contributed by atoms with Crippen molar-refractivity contribution >= 4 is 17.5 Å². The molecule has 5 nitrogen and oxygen atoms in total. The molecule has 0 radical (unpaired) electrons. The molecular formula is C10H13ClN2O3. The van der Waals surface area contributed by atoms with Gasteiger partial charge in [-0.05, 0) is 19.4 Å². The van der Waals surface area contributed by atoms with Crippen molar-refractivity contribution in [3.8, 4) is 0 Å². The van der Waals surface area contributed by atoms with Crippen molar-refractivity contribution < 1.29 is 9.63 Å². The van der Waals surface area contributed by atoms with Crippen molar-refractivity contribution in [2.24, 2.45) is 0 Å². The second kappa shape index (κ2) is 5.67. The third-order valence-electron chi connectivity index (χ3n) is 1.98. The molecule has 0 spiro atoms. The zero-order valence-corrected chi connectivity index (χ0v) is 9.85. The van der Waals surface area contributed by atoms with E-state index in [1.165, 1.54) is 6.07 Å². The monoisotopic (exact) mass is 244 g/mol. The highest BCUT2D eigenvalue weighted by molar-refractivity contribution is 6.31. The maximum Gasteiger partial charge on any atom is 0.280 e. The Hall–Kier alpha value is -1.33. The summed E-state index contributed by atoms with van der Waals surface area (Å²) in [5.74, 6) is -0.604. The van der Waals surface area contributed by atoms with E-state index in [0.29, 0.717) is 23.7 Å². The van der Waals surface area contributed by atoms with Gasteiger partial charge in [-0.2, -0.15) is 0 Å². The fourth-order valence-electron chi connectivity index (χ4n) is 1.16. The first-order valence-electron chi connectivity index (χ1n) is 4.94. The normalized spacial score (nSPS) is 10.2. The van der Waals surface area contributed by atoms with E-state index in [2.05, 4.69) is 10.5 Å². The molecule has 1 aromatic heterocycles. The number of nitrogens with one attached hydrogen (secondary N) is 2. The molecule has 0 aliphatic carbocycles. The van der Waals surface area contributed by atoms with Gasteiger partial charge in [-0.1, -0.05) is 18.5 Å². The van der Waals surface area contributed by atoms with Crippen LogP contribution in [0.15, 0.2) is 10.9 Å². The SMILES string of the molecule is CCONC(=O)c1cc(Cl)c(CC)[nH]c1=O. The van der Waals surface area contributed by atoms with Crippen molar-refractivity contribution in [3.63, 3.8) is 0 Å². The molecule has 1 aromatic rings. The van der Waals surface area contributed by atoms with Crippen LogP contribution in [0.1, 0.15) is 29.9 Å². The molecular weight excluding hydrogens is 232 g/mol. The summed E-state index contributed by atoms with van der Waals surface area (Å²) in [5.41, 5.74) is 2.21. The lowest BCUT2D eigenvalue weighted by atomic mass is 10.2. The Balaban J connectivity index is 3.02. The Morgan fingerprint density at radius 1 is 1.56 bits per heavy atom. The Morgan fingerprint density at radius 2 is 2.25 bits per heavy atom. The first-order valence-corrected chi connectivity index (χ1v) is 5.31. The molecule has 0 aromatic carbocycles. The molecule has 2 N–H and O–H groups in total. The average molecular weight is 245 g/mol. The van der Waals surface area contributed by atoms with Gasteiger partial charge in [-0.25, -0.2) is 5.48 Å². The second-order valence-electron chi connectivity index (χ2n) is 3.06. The summed E-state index contributed by atoms with van der Waals surface area (Å²) in [7, 11) is 0. The van der Waals surface area contributed by atoms with Gasteiger partial charge < -0.3 is 4.98 Å². The third-order valence-corrected chi connectivity index (χ3v) is 2.31. The number of H-pyrrole nitrogens is 1. The highest BCUT2D eigenvalue weighted by Crippen LogP contribution is 2.13. The van der Waals surface area contributed by atoms with Crippen molar-refractivity contribution in [3.05, 3.63) is 32.7 Å². The minimum Gasteiger partial charge on any atom is -0.324 e. The topological polar surface area (TPSA) is 71.2 Å². The van der Waals surface area contributed by atoms with E-state index in [-0.39, 0.29) is 5.56 Å². The molecule has 0 bridgehead atoms. The van der Waals surface area contributed by atoms with Gasteiger partial charge in [-0.15, -0.1) is 0 Å². The Morgan fingerprint density at radius 3 is 2.81 bits per heavy atom. The fourth-order valence-corrected chi connectivity index (χ4v) is 1.45. The summed E-state index contributed by atoms with van der Waals surface area (Å²) in [6.07, 6.45) is 0.599. The Bertz CT molecular complexity index is 442. The molecule has 88 valence electrons. The van der Waals surface area contributed by atoms with E-state index in [1.54, 1.807) is 6.92 Å². The molecule has 0 saturated heterocycles. The summed E-state index contributed by atoms with van der Waals surface area (Å²) in [5, 5.41) is 0.365. The summed E-state index contributed by atoms with van der Waals surface area (Å²) < 4.78 is 0. The molecule has 1 heterocycles. The standard InChI is InChI=1S/C10H13ClN2O3/c1-3-8-7(11)5-6(9(14)12-8)10(15)13-16-4-2/h5H,3-4H2,1-2H3,(H,12,14)(H,13,15). The van der Waals surface area contributed by atoms with Gasteiger partial charge in [0.05, 0.1) is 11.6 Å². The lowest BCUT2D eigenvalue weighted by Gasteiger charge is -2.05. The van der Waals surface area contributed by atoms with Crippen LogP contribution in [0, 0.1) is 0 Å². The number of aryl methyl sites for hydroxylation is 1. The summed E-state index contributed by atoms with van der Waals surface area (Å²) in [4.78, 5) is 30.2. The Labute approximate surface area is 97.7 Å². The maximum absolute atomic E-state index is 11.5. The fraction of sp³-hybridized carbons (Fsp3) is 0.400. The van der Waals surface area contributed by atoms with Crippen LogP contribution < -0.4 is 11.0 Å². The van der Waals surface area contributed by atoms with Crippen LogP contribution in [-0.4, -0.2) is 17.5 Å². The van der Waals surface area contributed by atoms with E-state index in [4.69, 9.17) is 16.4 Å². The van der Waals surface area contributed by atoms with E-state index in [1.807, 2.05) is 6.92 Å². The minimum atomic E-state index is -0.604. The zero-order valence-electron chi connectivity index (χ0n) is 9.09. The molecule has 1 rings (SSSR count). The van der Waals surface area contributed by atoms with E-state index in [9.17, 15) is 9.59 Å². The predicted octanol–water partition coefficient (Wildman–Crippen LogP) is 1.27. The van der Waals surface area contributed by atoms with E-state index >= 15 is 0 Å². The molecule has 0 unspecified atom stereocenters. The van der Waals surface area contributed by atoms with Crippen LogP contribution in [0.2, 0.25) is 5.02 Å².